The molecule has 86 valence electrons. The third kappa shape index (κ3) is 3.48. The van der Waals surface area contributed by atoms with Crippen molar-refractivity contribution in [1.29, 1.82) is 0 Å². The monoisotopic (exact) mass is 220 g/mol. The SMILES string of the molecule is COc1ccc(C#CCCCO)cc1OC. The summed E-state index contributed by atoms with van der Waals surface area (Å²) in [6.45, 7) is 0.181. The average Bonchev–Trinajstić information content (AvgIpc) is 2.34. The molecular formula is C13H16O3. The van der Waals surface area contributed by atoms with Gasteiger partial charge in [0.25, 0.3) is 0 Å². The summed E-state index contributed by atoms with van der Waals surface area (Å²) in [5.41, 5.74) is 0.885. The fourth-order valence-electron chi connectivity index (χ4n) is 1.25. The zero-order valence-corrected chi connectivity index (χ0v) is 9.62. The Morgan fingerprint density at radius 1 is 1.19 bits per heavy atom. The van der Waals surface area contributed by atoms with E-state index in [2.05, 4.69) is 11.8 Å². The first-order chi connectivity index (χ1) is 7.81. The Kier molecular flexibility index (Phi) is 5.24. The molecule has 0 radical (unpaired) electrons. The van der Waals surface area contributed by atoms with Crippen LogP contribution in [0, 0.1) is 11.8 Å². The molecule has 0 saturated heterocycles. The van der Waals surface area contributed by atoms with E-state index < -0.39 is 0 Å². The second-order valence-corrected chi connectivity index (χ2v) is 3.20. The van der Waals surface area contributed by atoms with E-state index in [0.717, 1.165) is 5.56 Å². The number of hydrogen-bond donors (Lipinski definition) is 1. The molecule has 0 amide bonds. The van der Waals surface area contributed by atoms with Crippen molar-refractivity contribution in [3.63, 3.8) is 0 Å². The zero-order chi connectivity index (χ0) is 11.8. The van der Waals surface area contributed by atoms with Gasteiger partial charge < -0.3 is 14.6 Å². The fraction of sp³-hybridized carbons (Fsp3) is 0.385. The van der Waals surface area contributed by atoms with Crippen molar-refractivity contribution < 1.29 is 14.6 Å². The lowest BCUT2D eigenvalue weighted by Crippen LogP contribution is -1.90. The van der Waals surface area contributed by atoms with Crippen LogP contribution in [-0.2, 0) is 0 Å². The molecule has 3 nitrogen and oxygen atoms in total. The van der Waals surface area contributed by atoms with Gasteiger partial charge in [-0.15, -0.1) is 0 Å². The summed E-state index contributed by atoms with van der Waals surface area (Å²) in [6, 6.07) is 5.55. The Morgan fingerprint density at radius 2 is 1.94 bits per heavy atom. The van der Waals surface area contributed by atoms with Gasteiger partial charge in [-0.2, -0.15) is 0 Å². The molecule has 0 heterocycles. The molecular weight excluding hydrogens is 204 g/mol. The second kappa shape index (κ2) is 6.76. The Morgan fingerprint density at radius 3 is 2.56 bits per heavy atom. The van der Waals surface area contributed by atoms with Gasteiger partial charge in [-0.05, 0) is 24.6 Å². The van der Waals surface area contributed by atoms with Crippen molar-refractivity contribution in [2.75, 3.05) is 20.8 Å². The summed E-state index contributed by atoms with van der Waals surface area (Å²) in [5, 5.41) is 8.61. The summed E-state index contributed by atoms with van der Waals surface area (Å²) in [5.74, 6) is 7.37. The van der Waals surface area contributed by atoms with E-state index in [1.165, 1.54) is 0 Å². The highest BCUT2D eigenvalue weighted by atomic mass is 16.5. The zero-order valence-electron chi connectivity index (χ0n) is 9.62. The molecule has 0 unspecified atom stereocenters. The predicted molar refractivity (Wildman–Crippen MR) is 62.7 cm³/mol. The van der Waals surface area contributed by atoms with Gasteiger partial charge in [0, 0.05) is 18.6 Å². The summed E-state index contributed by atoms with van der Waals surface area (Å²) in [7, 11) is 3.20. The molecule has 0 atom stereocenters. The molecule has 0 aliphatic carbocycles. The van der Waals surface area contributed by atoms with Crippen LogP contribution in [0.1, 0.15) is 18.4 Å². The predicted octanol–water partition coefficient (Wildman–Crippen LogP) is 1.83. The molecule has 1 aromatic rings. The lowest BCUT2D eigenvalue weighted by Gasteiger charge is -2.06. The number of ether oxygens (including phenoxy) is 2. The molecule has 0 spiro atoms. The minimum Gasteiger partial charge on any atom is -0.493 e. The van der Waals surface area contributed by atoms with Crippen molar-refractivity contribution in [2.24, 2.45) is 0 Å². The smallest absolute Gasteiger partial charge is 0.161 e. The van der Waals surface area contributed by atoms with Crippen LogP contribution in [0.5, 0.6) is 11.5 Å². The van der Waals surface area contributed by atoms with Crippen molar-refractivity contribution in [3.05, 3.63) is 23.8 Å². The fourth-order valence-corrected chi connectivity index (χ4v) is 1.25. The lowest BCUT2D eigenvalue weighted by atomic mass is 10.2. The first-order valence-electron chi connectivity index (χ1n) is 5.13. The maximum atomic E-state index is 8.61. The molecule has 0 aliphatic rings. The highest BCUT2D eigenvalue weighted by Gasteiger charge is 2.02. The van der Waals surface area contributed by atoms with E-state index in [-0.39, 0.29) is 6.61 Å². The van der Waals surface area contributed by atoms with Crippen LogP contribution in [0.4, 0.5) is 0 Å². The van der Waals surface area contributed by atoms with Crippen molar-refractivity contribution in [2.45, 2.75) is 12.8 Å². The van der Waals surface area contributed by atoms with E-state index in [1.54, 1.807) is 14.2 Å². The number of rotatable bonds is 4. The number of aliphatic hydroxyl groups excluding tert-OH is 1. The number of aliphatic hydroxyl groups is 1. The van der Waals surface area contributed by atoms with Crippen LogP contribution in [0.2, 0.25) is 0 Å². The quantitative estimate of drug-likeness (QED) is 0.621. The highest BCUT2D eigenvalue weighted by Crippen LogP contribution is 2.27. The minimum atomic E-state index is 0.181. The summed E-state index contributed by atoms with van der Waals surface area (Å²) in [6.07, 6.45) is 1.41. The van der Waals surface area contributed by atoms with Crippen LogP contribution in [0.25, 0.3) is 0 Å². The van der Waals surface area contributed by atoms with E-state index in [4.69, 9.17) is 14.6 Å². The van der Waals surface area contributed by atoms with Gasteiger partial charge >= 0.3 is 0 Å². The van der Waals surface area contributed by atoms with E-state index in [0.29, 0.717) is 24.3 Å². The molecule has 16 heavy (non-hydrogen) atoms. The number of unbranched alkanes of at least 4 members (excludes halogenated alkanes) is 1. The average molecular weight is 220 g/mol. The third-order valence-corrected chi connectivity index (χ3v) is 2.08. The molecule has 0 aliphatic heterocycles. The molecule has 3 heteroatoms. The first-order valence-corrected chi connectivity index (χ1v) is 5.13. The van der Waals surface area contributed by atoms with E-state index in [1.807, 2.05) is 18.2 Å². The largest absolute Gasteiger partial charge is 0.493 e. The van der Waals surface area contributed by atoms with Crippen LogP contribution in [-0.4, -0.2) is 25.9 Å². The van der Waals surface area contributed by atoms with Gasteiger partial charge in [-0.1, -0.05) is 11.8 Å². The summed E-state index contributed by atoms with van der Waals surface area (Å²) < 4.78 is 10.3. The van der Waals surface area contributed by atoms with Gasteiger partial charge in [-0.3, -0.25) is 0 Å². The van der Waals surface area contributed by atoms with Gasteiger partial charge in [-0.25, -0.2) is 0 Å². The number of benzene rings is 1. The Hall–Kier alpha value is -1.66. The van der Waals surface area contributed by atoms with E-state index >= 15 is 0 Å². The van der Waals surface area contributed by atoms with Gasteiger partial charge in [0.05, 0.1) is 14.2 Å². The molecule has 1 rings (SSSR count). The Balaban J connectivity index is 2.77. The van der Waals surface area contributed by atoms with Crippen LogP contribution < -0.4 is 9.47 Å². The normalized spacial score (nSPS) is 9.19. The van der Waals surface area contributed by atoms with Gasteiger partial charge in [0.15, 0.2) is 11.5 Å². The van der Waals surface area contributed by atoms with Crippen LogP contribution in [0.15, 0.2) is 18.2 Å². The Labute approximate surface area is 96.0 Å². The summed E-state index contributed by atoms with van der Waals surface area (Å²) >= 11 is 0. The molecule has 1 aromatic carbocycles. The number of hydrogen-bond acceptors (Lipinski definition) is 3. The third-order valence-electron chi connectivity index (χ3n) is 2.08. The highest BCUT2D eigenvalue weighted by molar-refractivity contribution is 5.48. The number of methoxy groups -OCH3 is 2. The molecule has 0 saturated carbocycles. The topological polar surface area (TPSA) is 38.7 Å². The van der Waals surface area contributed by atoms with Crippen LogP contribution in [0.3, 0.4) is 0 Å². The van der Waals surface area contributed by atoms with Crippen molar-refractivity contribution in [3.8, 4) is 23.3 Å². The van der Waals surface area contributed by atoms with E-state index in [9.17, 15) is 0 Å². The molecule has 0 bridgehead atoms. The molecule has 1 N–H and O–H groups in total. The maximum Gasteiger partial charge on any atom is 0.161 e. The van der Waals surface area contributed by atoms with Crippen molar-refractivity contribution in [1.82, 2.24) is 0 Å². The van der Waals surface area contributed by atoms with Gasteiger partial charge in [0.2, 0.25) is 0 Å². The van der Waals surface area contributed by atoms with Crippen LogP contribution >= 0.6 is 0 Å². The minimum absolute atomic E-state index is 0.181. The summed E-state index contributed by atoms with van der Waals surface area (Å²) in [4.78, 5) is 0. The molecule has 0 fully saturated rings. The lowest BCUT2D eigenvalue weighted by molar-refractivity contribution is 0.290. The second-order valence-electron chi connectivity index (χ2n) is 3.20. The maximum absolute atomic E-state index is 8.61. The Bertz CT molecular complexity index is 388. The first kappa shape index (κ1) is 12.4. The standard InChI is InChI=1S/C13H16O3/c1-15-12-8-7-11(10-13(12)16-2)6-4-3-5-9-14/h7-8,10,14H,3,5,9H2,1-2H3. The van der Waals surface area contributed by atoms with Crippen molar-refractivity contribution >= 4 is 0 Å². The molecule has 0 aromatic heterocycles. The van der Waals surface area contributed by atoms with Gasteiger partial charge in [0.1, 0.15) is 0 Å².